The summed E-state index contributed by atoms with van der Waals surface area (Å²) in [6.45, 7) is -0.190. The fourth-order valence-corrected chi connectivity index (χ4v) is 5.13. The molecule has 1 saturated carbocycles. The van der Waals surface area contributed by atoms with E-state index < -0.39 is 15.9 Å². The monoisotopic (exact) mass is 473 g/mol. The van der Waals surface area contributed by atoms with Gasteiger partial charge in [0, 0.05) is 18.3 Å². The summed E-state index contributed by atoms with van der Waals surface area (Å²) in [5, 5.41) is 4.22. The molecule has 0 aromatic heterocycles. The van der Waals surface area contributed by atoms with E-state index in [1.165, 1.54) is 43.1 Å². The van der Waals surface area contributed by atoms with E-state index in [1.54, 1.807) is 0 Å². The summed E-state index contributed by atoms with van der Waals surface area (Å²) in [6.07, 6.45) is 5.49. The maximum Gasteiger partial charge on any atom is 0.255 e. The summed E-state index contributed by atoms with van der Waals surface area (Å²) in [7, 11) is -1.05. The van der Waals surface area contributed by atoms with Gasteiger partial charge in [-0.3, -0.25) is 4.79 Å². The molecule has 0 atom stereocenters. The van der Waals surface area contributed by atoms with Crippen LogP contribution < -0.4 is 14.9 Å². The second kappa shape index (κ2) is 11.8. The number of hydrazone groups is 1. The van der Waals surface area contributed by atoms with Gasteiger partial charge in [-0.15, -0.1) is 0 Å². The number of benzene rings is 2. The van der Waals surface area contributed by atoms with E-state index in [9.17, 15) is 13.2 Å². The van der Waals surface area contributed by atoms with Crippen LogP contribution in [0.4, 0.5) is 0 Å². The van der Waals surface area contributed by atoms with Gasteiger partial charge in [-0.2, -0.15) is 9.41 Å². The first-order valence-corrected chi connectivity index (χ1v) is 12.5. The summed E-state index contributed by atoms with van der Waals surface area (Å²) in [5.74, 6) is 0.258. The fourth-order valence-electron chi connectivity index (χ4n) is 3.72. The molecular formula is C24H31N3O5S. The number of rotatable bonds is 10. The van der Waals surface area contributed by atoms with E-state index in [0.29, 0.717) is 17.9 Å². The lowest BCUT2D eigenvalue weighted by atomic mass is 9.99. The Morgan fingerprint density at radius 1 is 1.00 bits per heavy atom. The molecule has 1 aliphatic rings. The molecule has 1 N–H and O–H groups in total. The van der Waals surface area contributed by atoms with Gasteiger partial charge in [0.1, 0.15) is 0 Å². The Balaban J connectivity index is 1.81. The summed E-state index contributed by atoms with van der Waals surface area (Å²) in [4.78, 5) is 12.7. The molecule has 9 heteroatoms. The van der Waals surface area contributed by atoms with Crippen molar-refractivity contribution in [3.63, 3.8) is 0 Å². The molecule has 1 amide bonds. The van der Waals surface area contributed by atoms with E-state index in [0.717, 1.165) is 37.0 Å². The summed E-state index contributed by atoms with van der Waals surface area (Å²) >= 11 is 0. The third kappa shape index (κ3) is 6.79. The molecule has 178 valence electrons. The van der Waals surface area contributed by atoms with E-state index >= 15 is 0 Å². The minimum Gasteiger partial charge on any atom is -0.493 e. The molecule has 1 aliphatic carbocycles. The van der Waals surface area contributed by atoms with Gasteiger partial charge < -0.3 is 9.47 Å². The van der Waals surface area contributed by atoms with Crippen molar-refractivity contribution in [3.8, 4) is 11.5 Å². The maximum atomic E-state index is 13.5. The number of carbonyl (C=O) groups is 1. The van der Waals surface area contributed by atoms with Crippen molar-refractivity contribution in [1.29, 1.82) is 0 Å². The highest BCUT2D eigenvalue weighted by molar-refractivity contribution is 7.89. The number of hydrogen-bond acceptors (Lipinski definition) is 6. The summed E-state index contributed by atoms with van der Waals surface area (Å²) in [5.41, 5.74) is 4.48. The van der Waals surface area contributed by atoms with Crippen LogP contribution in [0.2, 0.25) is 0 Å². The van der Waals surface area contributed by atoms with Crippen LogP contribution in [0.3, 0.4) is 0 Å². The van der Waals surface area contributed by atoms with Crippen molar-refractivity contribution >= 4 is 21.6 Å². The van der Waals surface area contributed by atoms with E-state index in [4.69, 9.17) is 9.47 Å². The van der Waals surface area contributed by atoms with Gasteiger partial charge in [0.15, 0.2) is 11.5 Å². The molecule has 3 rings (SSSR count). The number of hydrogen-bond donors (Lipinski definition) is 1. The lowest BCUT2D eigenvalue weighted by molar-refractivity contribution is -0.121. The quantitative estimate of drug-likeness (QED) is 0.534. The Labute approximate surface area is 195 Å². The number of carbonyl (C=O) groups excluding carboxylic acids is 1. The minimum atomic E-state index is -3.98. The van der Waals surface area contributed by atoms with Gasteiger partial charge in [-0.05, 0) is 49.8 Å². The number of ether oxygens (including phenoxy) is 2. The van der Waals surface area contributed by atoms with E-state index in [2.05, 4.69) is 10.5 Å². The van der Waals surface area contributed by atoms with Crippen molar-refractivity contribution in [1.82, 2.24) is 9.73 Å². The molecule has 0 radical (unpaired) electrons. The number of sulfonamides is 1. The molecular weight excluding hydrogens is 442 g/mol. The van der Waals surface area contributed by atoms with Gasteiger partial charge in [-0.25, -0.2) is 13.8 Å². The Bertz CT molecular complexity index is 1060. The Kier molecular flexibility index (Phi) is 8.85. The SMILES string of the molecule is COc1ccc(S(=O)(=O)N(CCc2ccccc2)CC(=O)NN=C2CCCCC2)cc1OC. The van der Waals surface area contributed by atoms with Crippen LogP contribution in [0, 0.1) is 0 Å². The highest BCUT2D eigenvalue weighted by atomic mass is 32.2. The lowest BCUT2D eigenvalue weighted by Gasteiger charge is -2.22. The lowest BCUT2D eigenvalue weighted by Crippen LogP contribution is -2.40. The predicted molar refractivity (Wildman–Crippen MR) is 127 cm³/mol. The minimum absolute atomic E-state index is 0.0274. The Morgan fingerprint density at radius 2 is 1.70 bits per heavy atom. The highest BCUT2D eigenvalue weighted by Gasteiger charge is 2.28. The smallest absolute Gasteiger partial charge is 0.255 e. The fraction of sp³-hybridized carbons (Fsp3) is 0.417. The van der Waals surface area contributed by atoms with Crippen LogP contribution >= 0.6 is 0 Å². The first kappa shape index (κ1) is 24.7. The zero-order valence-corrected chi connectivity index (χ0v) is 19.9. The molecule has 0 heterocycles. The zero-order valence-electron chi connectivity index (χ0n) is 19.1. The second-order valence-electron chi connectivity index (χ2n) is 7.86. The maximum absolute atomic E-state index is 13.5. The number of nitrogens with one attached hydrogen (secondary N) is 1. The number of nitrogens with zero attached hydrogens (tertiary/aromatic N) is 2. The van der Waals surface area contributed by atoms with Gasteiger partial charge in [0.25, 0.3) is 5.91 Å². The molecule has 0 bridgehead atoms. The average Bonchev–Trinajstić information content (AvgIpc) is 2.85. The molecule has 2 aromatic carbocycles. The first-order valence-electron chi connectivity index (χ1n) is 11.0. The molecule has 0 saturated heterocycles. The van der Waals surface area contributed by atoms with Crippen LogP contribution in [0.15, 0.2) is 58.5 Å². The zero-order chi connectivity index (χ0) is 23.7. The molecule has 0 aliphatic heterocycles. The number of amides is 1. The van der Waals surface area contributed by atoms with Crippen LogP contribution in [0.5, 0.6) is 11.5 Å². The Hall–Kier alpha value is -2.91. The second-order valence-corrected chi connectivity index (χ2v) is 9.80. The van der Waals surface area contributed by atoms with Crippen LogP contribution in [-0.4, -0.2) is 51.7 Å². The largest absolute Gasteiger partial charge is 0.493 e. The van der Waals surface area contributed by atoms with Crippen molar-refractivity contribution in [3.05, 3.63) is 54.1 Å². The summed E-state index contributed by atoms with van der Waals surface area (Å²) < 4.78 is 38.6. The van der Waals surface area contributed by atoms with Gasteiger partial charge in [0.2, 0.25) is 10.0 Å². The van der Waals surface area contributed by atoms with Crippen molar-refractivity contribution in [2.45, 2.75) is 43.4 Å². The van der Waals surface area contributed by atoms with Crippen LogP contribution in [0.25, 0.3) is 0 Å². The van der Waals surface area contributed by atoms with Crippen LogP contribution in [-0.2, 0) is 21.2 Å². The molecule has 1 fully saturated rings. The van der Waals surface area contributed by atoms with Gasteiger partial charge in [0.05, 0.1) is 25.7 Å². The molecule has 0 spiro atoms. The highest BCUT2D eigenvalue weighted by Crippen LogP contribution is 2.30. The Morgan fingerprint density at radius 3 is 2.36 bits per heavy atom. The normalized spacial score (nSPS) is 14.1. The third-order valence-corrected chi connectivity index (χ3v) is 7.42. The average molecular weight is 474 g/mol. The van der Waals surface area contributed by atoms with E-state index in [1.807, 2.05) is 30.3 Å². The molecule has 33 heavy (non-hydrogen) atoms. The third-order valence-electron chi connectivity index (χ3n) is 5.57. The standard InChI is InChI=1S/C24H31N3O5S/c1-31-22-14-13-21(17-23(22)32-2)33(29,30)27(16-15-19-9-5-3-6-10-19)18-24(28)26-25-20-11-7-4-8-12-20/h3,5-6,9-10,13-14,17H,4,7-8,11-12,15-16,18H2,1-2H3,(H,26,28). The first-order chi connectivity index (χ1) is 15.9. The predicted octanol–water partition coefficient (Wildman–Crippen LogP) is 3.37. The van der Waals surface area contributed by atoms with Gasteiger partial charge >= 0.3 is 0 Å². The molecule has 0 unspecified atom stereocenters. The van der Waals surface area contributed by atoms with E-state index in [-0.39, 0.29) is 18.0 Å². The van der Waals surface area contributed by atoms with Crippen molar-refractivity contribution in [2.24, 2.45) is 5.10 Å². The van der Waals surface area contributed by atoms with Crippen LogP contribution in [0.1, 0.15) is 37.7 Å². The molecule has 8 nitrogen and oxygen atoms in total. The molecule has 2 aromatic rings. The number of methoxy groups -OCH3 is 2. The topological polar surface area (TPSA) is 97.3 Å². The summed E-state index contributed by atoms with van der Waals surface area (Å²) in [6, 6.07) is 13.9. The van der Waals surface area contributed by atoms with Crippen molar-refractivity contribution < 1.29 is 22.7 Å². The van der Waals surface area contributed by atoms with Crippen molar-refractivity contribution in [2.75, 3.05) is 27.3 Å². The van der Waals surface area contributed by atoms with Gasteiger partial charge in [-0.1, -0.05) is 36.8 Å².